The van der Waals surface area contributed by atoms with Gasteiger partial charge in [0.15, 0.2) is 0 Å². The Morgan fingerprint density at radius 3 is 2.60 bits per heavy atom. The minimum absolute atomic E-state index is 0.135. The van der Waals surface area contributed by atoms with Crippen LogP contribution in [0.25, 0.3) is 0 Å². The largest absolute Gasteiger partial charge is 0.497 e. The molecule has 1 heterocycles. The third-order valence-corrected chi connectivity index (χ3v) is 3.88. The van der Waals surface area contributed by atoms with Gasteiger partial charge in [-0.3, -0.25) is 4.79 Å². The van der Waals surface area contributed by atoms with E-state index in [4.69, 9.17) is 10.5 Å². The second-order valence-electron chi connectivity index (χ2n) is 5.38. The van der Waals surface area contributed by atoms with Crippen LogP contribution in [0.4, 0.5) is 0 Å². The lowest BCUT2D eigenvalue weighted by Gasteiger charge is -2.27. The third kappa shape index (κ3) is 3.97. The molecule has 0 aromatic heterocycles. The van der Waals surface area contributed by atoms with E-state index in [0.717, 1.165) is 30.7 Å². The second-order valence-corrected chi connectivity index (χ2v) is 5.38. The van der Waals surface area contributed by atoms with Crippen molar-refractivity contribution in [1.82, 2.24) is 4.90 Å². The lowest BCUT2D eigenvalue weighted by atomic mass is 10.0. The number of hydrogen-bond donors (Lipinski definition) is 1. The minimum Gasteiger partial charge on any atom is -0.497 e. The van der Waals surface area contributed by atoms with E-state index in [-0.39, 0.29) is 11.9 Å². The molecule has 0 spiro atoms. The molecule has 2 N–H and O–H groups in total. The lowest BCUT2D eigenvalue weighted by molar-refractivity contribution is -0.132. The van der Waals surface area contributed by atoms with E-state index in [1.54, 1.807) is 7.11 Å². The van der Waals surface area contributed by atoms with Crippen molar-refractivity contribution in [3.8, 4) is 5.75 Å². The van der Waals surface area contributed by atoms with Gasteiger partial charge in [0, 0.05) is 25.6 Å². The van der Waals surface area contributed by atoms with Crippen molar-refractivity contribution in [3.63, 3.8) is 0 Å². The Kier molecular flexibility index (Phi) is 5.41. The first kappa shape index (κ1) is 14.9. The molecule has 0 radical (unpaired) electrons. The van der Waals surface area contributed by atoms with Gasteiger partial charge in [-0.05, 0) is 30.5 Å². The van der Waals surface area contributed by atoms with Crippen LogP contribution in [0.3, 0.4) is 0 Å². The molecule has 20 heavy (non-hydrogen) atoms. The first-order chi connectivity index (χ1) is 9.70. The molecule has 110 valence electrons. The van der Waals surface area contributed by atoms with Crippen molar-refractivity contribution in [1.29, 1.82) is 0 Å². The van der Waals surface area contributed by atoms with Crippen LogP contribution in [0, 0.1) is 0 Å². The number of ether oxygens (including phenoxy) is 1. The molecule has 1 aliphatic rings. The topological polar surface area (TPSA) is 55.6 Å². The van der Waals surface area contributed by atoms with Crippen LogP contribution in [-0.2, 0) is 4.79 Å². The van der Waals surface area contributed by atoms with Gasteiger partial charge < -0.3 is 15.4 Å². The number of rotatable bonds is 4. The minimum atomic E-state index is -0.135. The van der Waals surface area contributed by atoms with Crippen LogP contribution < -0.4 is 10.5 Å². The molecule has 0 aliphatic carbocycles. The van der Waals surface area contributed by atoms with Crippen molar-refractivity contribution in [3.05, 3.63) is 29.8 Å². The van der Waals surface area contributed by atoms with E-state index in [0.29, 0.717) is 13.0 Å². The summed E-state index contributed by atoms with van der Waals surface area (Å²) in [5.41, 5.74) is 7.28. The van der Waals surface area contributed by atoms with Crippen LogP contribution in [0.1, 0.15) is 43.7 Å². The second kappa shape index (κ2) is 7.29. The van der Waals surface area contributed by atoms with Crippen LogP contribution in [0.5, 0.6) is 5.75 Å². The average Bonchev–Trinajstić information content (AvgIpc) is 2.47. The maximum atomic E-state index is 12.1. The summed E-state index contributed by atoms with van der Waals surface area (Å²) < 4.78 is 5.14. The summed E-state index contributed by atoms with van der Waals surface area (Å²) >= 11 is 0. The summed E-state index contributed by atoms with van der Waals surface area (Å²) in [4.78, 5) is 14.0. The number of likely N-dealkylation sites (tertiary alicyclic amines) is 1. The number of methoxy groups -OCH3 is 1. The molecule has 1 amide bonds. The quantitative estimate of drug-likeness (QED) is 0.919. The maximum Gasteiger partial charge on any atom is 0.222 e. The van der Waals surface area contributed by atoms with E-state index >= 15 is 0 Å². The van der Waals surface area contributed by atoms with Gasteiger partial charge in [0.25, 0.3) is 0 Å². The summed E-state index contributed by atoms with van der Waals surface area (Å²) in [6.45, 7) is 1.44. The monoisotopic (exact) mass is 276 g/mol. The van der Waals surface area contributed by atoms with Gasteiger partial charge in [-0.25, -0.2) is 0 Å². The fourth-order valence-corrected chi connectivity index (χ4v) is 2.60. The summed E-state index contributed by atoms with van der Waals surface area (Å²) in [5.74, 6) is 1.07. The highest BCUT2D eigenvalue weighted by atomic mass is 16.5. The fraction of sp³-hybridized carbons (Fsp3) is 0.562. The zero-order valence-electron chi connectivity index (χ0n) is 12.2. The third-order valence-electron chi connectivity index (χ3n) is 3.88. The highest BCUT2D eigenvalue weighted by Crippen LogP contribution is 2.19. The molecule has 4 heteroatoms. The van der Waals surface area contributed by atoms with Gasteiger partial charge in [-0.2, -0.15) is 0 Å². The number of hydrogen-bond acceptors (Lipinski definition) is 3. The van der Waals surface area contributed by atoms with Crippen molar-refractivity contribution in [2.45, 2.75) is 38.1 Å². The summed E-state index contributed by atoms with van der Waals surface area (Å²) in [5, 5.41) is 0. The van der Waals surface area contributed by atoms with Gasteiger partial charge in [-0.15, -0.1) is 0 Å². The summed E-state index contributed by atoms with van der Waals surface area (Å²) in [6.07, 6.45) is 5.13. The van der Waals surface area contributed by atoms with Gasteiger partial charge in [0.1, 0.15) is 5.75 Å². The standard InChI is InChI=1S/C16H24N2O2/c1-20-14-9-7-13(8-10-14)15(17)12-18-11-5-3-2-4-6-16(18)19/h7-10,15H,2-6,11-12,17H2,1H3. The predicted octanol–water partition coefficient (Wildman–Crippen LogP) is 2.49. The molecule has 1 atom stereocenters. The molecular formula is C16H24N2O2. The molecule has 1 aromatic carbocycles. The lowest BCUT2D eigenvalue weighted by Crippen LogP contribution is -2.38. The Balaban J connectivity index is 1.97. The first-order valence-corrected chi connectivity index (χ1v) is 7.38. The number of nitrogens with two attached hydrogens (primary N) is 1. The Morgan fingerprint density at radius 1 is 1.20 bits per heavy atom. The number of amides is 1. The molecule has 2 rings (SSSR count). The van der Waals surface area contributed by atoms with Gasteiger partial charge in [0.05, 0.1) is 7.11 Å². The first-order valence-electron chi connectivity index (χ1n) is 7.38. The molecule has 1 saturated heterocycles. The van der Waals surface area contributed by atoms with E-state index in [1.807, 2.05) is 29.2 Å². The molecule has 0 saturated carbocycles. The van der Waals surface area contributed by atoms with E-state index < -0.39 is 0 Å². The SMILES string of the molecule is COc1ccc(C(N)CN2CCCCCCC2=O)cc1. The van der Waals surface area contributed by atoms with Crippen LogP contribution >= 0.6 is 0 Å². The zero-order chi connectivity index (χ0) is 14.4. The van der Waals surface area contributed by atoms with Gasteiger partial charge in [-0.1, -0.05) is 25.0 Å². The molecule has 4 nitrogen and oxygen atoms in total. The Labute approximate surface area is 120 Å². The fourth-order valence-electron chi connectivity index (χ4n) is 2.60. The molecule has 0 bridgehead atoms. The summed E-state index contributed by atoms with van der Waals surface area (Å²) in [6, 6.07) is 7.62. The average molecular weight is 276 g/mol. The smallest absolute Gasteiger partial charge is 0.222 e. The Morgan fingerprint density at radius 2 is 1.90 bits per heavy atom. The summed E-state index contributed by atoms with van der Waals surface area (Å²) in [7, 11) is 1.65. The van der Waals surface area contributed by atoms with Crippen molar-refractivity contribution in [2.24, 2.45) is 5.73 Å². The van der Waals surface area contributed by atoms with Crippen molar-refractivity contribution in [2.75, 3.05) is 20.2 Å². The predicted molar refractivity (Wildman–Crippen MR) is 79.6 cm³/mol. The van der Waals surface area contributed by atoms with Gasteiger partial charge >= 0.3 is 0 Å². The van der Waals surface area contributed by atoms with Crippen LogP contribution in [0.15, 0.2) is 24.3 Å². The van der Waals surface area contributed by atoms with Crippen LogP contribution in [-0.4, -0.2) is 31.0 Å². The van der Waals surface area contributed by atoms with Crippen molar-refractivity contribution < 1.29 is 9.53 Å². The van der Waals surface area contributed by atoms with Crippen molar-refractivity contribution >= 4 is 5.91 Å². The highest BCUT2D eigenvalue weighted by Gasteiger charge is 2.18. The molecular weight excluding hydrogens is 252 g/mol. The van der Waals surface area contributed by atoms with E-state index in [1.165, 1.54) is 12.8 Å². The molecule has 1 fully saturated rings. The number of carbonyl (C=O) groups is 1. The van der Waals surface area contributed by atoms with E-state index in [2.05, 4.69) is 0 Å². The number of benzene rings is 1. The Hall–Kier alpha value is -1.55. The number of nitrogens with zero attached hydrogens (tertiary/aromatic N) is 1. The Bertz CT molecular complexity index is 431. The normalized spacial score (nSPS) is 18.3. The van der Waals surface area contributed by atoms with Gasteiger partial charge in [0.2, 0.25) is 5.91 Å². The van der Waals surface area contributed by atoms with Crippen LogP contribution in [0.2, 0.25) is 0 Å². The molecule has 1 aromatic rings. The van der Waals surface area contributed by atoms with E-state index in [9.17, 15) is 4.79 Å². The highest BCUT2D eigenvalue weighted by molar-refractivity contribution is 5.76. The number of carbonyl (C=O) groups excluding carboxylic acids is 1. The zero-order valence-corrected chi connectivity index (χ0v) is 12.2. The molecule has 1 unspecified atom stereocenters. The maximum absolute atomic E-state index is 12.1. The molecule has 1 aliphatic heterocycles.